The van der Waals surface area contributed by atoms with Gasteiger partial charge in [0.1, 0.15) is 5.75 Å². The van der Waals surface area contributed by atoms with Gasteiger partial charge in [0.2, 0.25) is 0 Å². The molecule has 35 heavy (non-hydrogen) atoms. The Labute approximate surface area is 205 Å². The van der Waals surface area contributed by atoms with Crippen molar-refractivity contribution in [1.82, 2.24) is 9.55 Å². The Morgan fingerprint density at radius 3 is 2.63 bits per heavy atom. The standard InChI is InChI=1S/C27H25N3O4S/c1-15(2)34-26(32)23-16(3)29-27-30(24(23)17-9-11-19(33-4)12-10-17)25(31)22(35-27)13-18-14-28-21-8-6-5-7-20(18)21/h5-15,24,28H,1-4H3/b22-13-/t24-/m0/s1. The molecule has 0 aliphatic carbocycles. The lowest BCUT2D eigenvalue weighted by molar-refractivity contribution is -0.143. The van der Waals surface area contributed by atoms with Crippen molar-refractivity contribution in [1.29, 1.82) is 0 Å². The van der Waals surface area contributed by atoms with Crippen LogP contribution in [-0.2, 0) is 9.53 Å². The summed E-state index contributed by atoms with van der Waals surface area (Å²) in [5.74, 6) is 0.209. The number of para-hydroxylation sites is 1. The Hall–Kier alpha value is -3.91. The molecule has 2 aromatic carbocycles. The summed E-state index contributed by atoms with van der Waals surface area (Å²) in [6, 6.07) is 14.6. The molecule has 0 amide bonds. The van der Waals surface area contributed by atoms with Crippen LogP contribution in [-0.4, -0.2) is 28.7 Å². The lowest BCUT2D eigenvalue weighted by Crippen LogP contribution is -2.40. The second kappa shape index (κ2) is 9.03. The van der Waals surface area contributed by atoms with E-state index in [0.29, 0.717) is 26.4 Å². The van der Waals surface area contributed by atoms with E-state index in [1.165, 1.54) is 11.3 Å². The van der Waals surface area contributed by atoms with Crippen LogP contribution in [0.2, 0.25) is 0 Å². The number of aromatic amines is 1. The zero-order valence-electron chi connectivity index (χ0n) is 19.9. The number of ether oxygens (including phenoxy) is 2. The minimum absolute atomic E-state index is 0.206. The number of nitrogens with zero attached hydrogens (tertiary/aromatic N) is 2. The molecule has 0 fully saturated rings. The molecule has 1 N–H and O–H groups in total. The van der Waals surface area contributed by atoms with Crippen molar-refractivity contribution in [3.8, 4) is 5.75 Å². The van der Waals surface area contributed by atoms with Crippen LogP contribution in [0.5, 0.6) is 5.75 Å². The summed E-state index contributed by atoms with van der Waals surface area (Å²) in [5, 5.41) is 1.03. The van der Waals surface area contributed by atoms with Crippen molar-refractivity contribution in [2.24, 2.45) is 4.99 Å². The van der Waals surface area contributed by atoms with Crippen LogP contribution in [0.4, 0.5) is 0 Å². The molecule has 0 radical (unpaired) electrons. The Balaban J connectivity index is 1.72. The van der Waals surface area contributed by atoms with Gasteiger partial charge in [-0.05, 0) is 50.6 Å². The van der Waals surface area contributed by atoms with Gasteiger partial charge < -0.3 is 14.5 Å². The minimum atomic E-state index is -0.659. The highest BCUT2D eigenvalue weighted by Crippen LogP contribution is 2.32. The van der Waals surface area contributed by atoms with Crippen LogP contribution in [0.25, 0.3) is 17.0 Å². The van der Waals surface area contributed by atoms with E-state index >= 15 is 0 Å². The molecular weight excluding hydrogens is 462 g/mol. The molecule has 1 aliphatic rings. The van der Waals surface area contributed by atoms with Crippen LogP contribution in [0.3, 0.4) is 0 Å². The maximum absolute atomic E-state index is 13.8. The zero-order valence-corrected chi connectivity index (χ0v) is 20.7. The first-order valence-electron chi connectivity index (χ1n) is 11.3. The van der Waals surface area contributed by atoms with E-state index in [0.717, 1.165) is 22.0 Å². The Kier molecular flexibility index (Phi) is 5.90. The number of hydrogen-bond acceptors (Lipinski definition) is 6. The highest BCUT2D eigenvalue weighted by atomic mass is 32.1. The normalized spacial score (nSPS) is 15.9. The molecule has 0 unspecified atom stereocenters. The molecule has 3 heterocycles. The number of carbonyl (C=O) groups excluding carboxylic acids is 1. The number of H-pyrrole nitrogens is 1. The smallest absolute Gasteiger partial charge is 0.338 e. The predicted octanol–water partition coefficient (Wildman–Crippen LogP) is 3.68. The highest BCUT2D eigenvalue weighted by molar-refractivity contribution is 7.07. The van der Waals surface area contributed by atoms with Crippen LogP contribution in [0.1, 0.15) is 37.9 Å². The number of benzene rings is 2. The molecule has 7 nitrogen and oxygen atoms in total. The average Bonchev–Trinajstić information content (AvgIpc) is 3.38. The summed E-state index contributed by atoms with van der Waals surface area (Å²) in [6.07, 6.45) is 3.46. The number of methoxy groups -OCH3 is 1. The van der Waals surface area contributed by atoms with Crippen LogP contribution < -0.4 is 19.6 Å². The molecule has 178 valence electrons. The van der Waals surface area contributed by atoms with Gasteiger partial charge in [-0.15, -0.1) is 0 Å². The number of allylic oxidation sites excluding steroid dienone is 1. The lowest BCUT2D eigenvalue weighted by Gasteiger charge is -2.25. The van der Waals surface area contributed by atoms with E-state index < -0.39 is 12.0 Å². The van der Waals surface area contributed by atoms with Gasteiger partial charge in [0, 0.05) is 22.7 Å². The molecule has 0 saturated heterocycles. The Morgan fingerprint density at radius 1 is 1.17 bits per heavy atom. The topological polar surface area (TPSA) is 85.7 Å². The van der Waals surface area contributed by atoms with E-state index in [-0.39, 0.29) is 11.7 Å². The van der Waals surface area contributed by atoms with Crippen molar-refractivity contribution < 1.29 is 14.3 Å². The largest absolute Gasteiger partial charge is 0.497 e. The fraction of sp³-hybridized carbons (Fsp3) is 0.222. The minimum Gasteiger partial charge on any atom is -0.497 e. The molecule has 2 aromatic heterocycles. The summed E-state index contributed by atoms with van der Waals surface area (Å²) in [5.41, 5.74) is 3.38. The van der Waals surface area contributed by atoms with E-state index in [1.54, 1.807) is 32.4 Å². The Morgan fingerprint density at radius 2 is 1.91 bits per heavy atom. The third-order valence-corrected chi connectivity index (χ3v) is 6.91. The number of hydrogen-bond donors (Lipinski definition) is 1. The molecule has 5 rings (SSSR count). The van der Waals surface area contributed by atoms with Crippen molar-refractivity contribution in [3.63, 3.8) is 0 Å². The number of rotatable bonds is 5. The molecule has 0 bridgehead atoms. The number of nitrogens with one attached hydrogen (secondary N) is 1. The highest BCUT2D eigenvalue weighted by Gasteiger charge is 2.33. The van der Waals surface area contributed by atoms with Crippen molar-refractivity contribution in [3.05, 3.63) is 96.8 Å². The molecule has 0 saturated carbocycles. The summed E-state index contributed by atoms with van der Waals surface area (Å²) < 4.78 is 13.0. The first-order chi connectivity index (χ1) is 16.9. The number of thiazole rings is 1. The number of carbonyl (C=O) groups is 1. The number of esters is 1. The maximum atomic E-state index is 13.8. The lowest BCUT2D eigenvalue weighted by atomic mass is 9.96. The average molecular weight is 488 g/mol. The number of aromatic nitrogens is 2. The Bertz CT molecular complexity index is 1640. The van der Waals surface area contributed by atoms with Gasteiger partial charge >= 0.3 is 5.97 Å². The second-order valence-corrected chi connectivity index (χ2v) is 9.61. The second-order valence-electron chi connectivity index (χ2n) is 8.60. The maximum Gasteiger partial charge on any atom is 0.338 e. The first kappa shape index (κ1) is 22.9. The molecule has 1 atom stereocenters. The SMILES string of the molecule is COc1ccc([C@H]2C(C(=O)OC(C)C)=C(C)N=c3s/c(=C\c4c[nH]c5ccccc45)c(=O)n32)cc1. The third kappa shape index (κ3) is 4.10. The quantitative estimate of drug-likeness (QED) is 0.435. The number of fused-ring (bicyclic) bond motifs is 2. The molecular formula is C27H25N3O4S. The van der Waals surface area contributed by atoms with Crippen molar-refractivity contribution in [2.45, 2.75) is 32.9 Å². The zero-order chi connectivity index (χ0) is 24.7. The van der Waals surface area contributed by atoms with Gasteiger partial charge in [-0.25, -0.2) is 9.79 Å². The van der Waals surface area contributed by atoms with E-state index in [1.807, 2.05) is 60.8 Å². The summed E-state index contributed by atoms with van der Waals surface area (Å²) in [7, 11) is 1.60. The van der Waals surface area contributed by atoms with Gasteiger partial charge in [-0.2, -0.15) is 0 Å². The molecule has 0 spiro atoms. The van der Waals surface area contributed by atoms with Crippen molar-refractivity contribution >= 4 is 34.3 Å². The van der Waals surface area contributed by atoms with Gasteiger partial charge in [0.05, 0.1) is 35.1 Å². The van der Waals surface area contributed by atoms with E-state index in [4.69, 9.17) is 9.47 Å². The fourth-order valence-electron chi connectivity index (χ4n) is 4.32. The fourth-order valence-corrected chi connectivity index (χ4v) is 5.35. The van der Waals surface area contributed by atoms with Crippen LogP contribution >= 0.6 is 11.3 Å². The van der Waals surface area contributed by atoms with Crippen LogP contribution in [0.15, 0.2) is 75.8 Å². The first-order valence-corrected chi connectivity index (χ1v) is 12.1. The molecule has 4 aromatic rings. The van der Waals surface area contributed by atoms with E-state index in [2.05, 4.69) is 9.98 Å². The summed E-state index contributed by atoms with van der Waals surface area (Å²) in [6.45, 7) is 5.38. The van der Waals surface area contributed by atoms with E-state index in [9.17, 15) is 9.59 Å². The van der Waals surface area contributed by atoms with Gasteiger partial charge in [-0.3, -0.25) is 9.36 Å². The van der Waals surface area contributed by atoms with Gasteiger partial charge in [-0.1, -0.05) is 41.7 Å². The summed E-state index contributed by atoms with van der Waals surface area (Å²) >= 11 is 1.31. The predicted molar refractivity (Wildman–Crippen MR) is 136 cm³/mol. The molecule has 8 heteroatoms. The van der Waals surface area contributed by atoms with Gasteiger partial charge in [0.25, 0.3) is 5.56 Å². The summed E-state index contributed by atoms with van der Waals surface area (Å²) in [4.78, 5) is 35.4. The third-order valence-electron chi connectivity index (χ3n) is 5.92. The van der Waals surface area contributed by atoms with Gasteiger partial charge in [0.15, 0.2) is 4.80 Å². The monoisotopic (exact) mass is 487 g/mol. The van der Waals surface area contributed by atoms with Crippen molar-refractivity contribution in [2.75, 3.05) is 7.11 Å². The molecule has 1 aliphatic heterocycles. The van der Waals surface area contributed by atoms with Crippen LogP contribution in [0, 0.1) is 0 Å².